The van der Waals surface area contributed by atoms with Crippen molar-refractivity contribution in [3.8, 4) is 22.4 Å². The third-order valence-corrected chi connectivity index (χ3v) is 7.18. The monoisotopic (exact) mass is 430 g/mol. The second-order valence-corrected chi connectivity index (χ2v) is 9.11. The van der Waals surface area contributed by atoms with Crippen molar-refractivity contribution in [2.45, 2.75) is 9.79 Å². The number of aromatic nitrogens is 2. The first kappa shape index (κ1) is 19.0. The molecule has 4 aromatic carbocycles. The van der Waals surface area contributed by atoms with E-state index < -0.39 is 0 Å². The third kappa shape index (κ3) is 3.22. The van der Waals surface area contributed by atoms with Crippen molar-refractivity contribution in [2.24, 2.45) is 7.05 Å². The molecule has 0 fully saturated rings. The highest BCUT2D eigenvalue weighted by Gasteiger charge is 2.18. The molecule has 2 nitrogen and oxygen atoms in total. The van der Waals surface area contributed by atoms with Gasteiger partial charge in [0.1, 0.15) is 0 Å². The van der Waals surface area contributed by atoms with Crippen molar-refractivity contribution >= 4 is 33.6 Å². The second kappa shape index (κ2) is 7.77. The maximum absolute atomic E-state index is 3.29. The molecule has 0 bridgehead atoms. The van der Waals surface area contributed by atoms with E-state index in [1.54, 1.807) is 0 Å². The fourth-order valence-corrected chi connectivity index (χ4v) is 5.61. The molecule has 0 spiro atoms. The molecular formula is C29H22N2S. The van der Waals surface area contributed by atoms with Crippen LogP contribution < -0.4 is 0 Å². The van der Waals surface area contributed by atoms with Crippen molar-refractivity contribution in [1.82, 2.24) is 9.55 Å². The molecule has 2 heterocycles. The van der Waals surface area contributed by atoms with Gasteiger partial charge in [0.15, 0.2) is 0 Å². The Morgan fingerprint density at radius 2 is 1.41 bits per heavy atom. The summed E-state index contributed by atoms with van der Waals surface area (Å²) >= 11 is 1.84. The van der Waals surface area contributed by atoms with E-state index in [0.29, 0.717) is 0 Å². The molecule has 154 valence electrons. The summed E-state index contributed by atoms with van der Waals surface area (Å²) in [7, 11) is 2.17. The van der Waals surface area contributed by atoms with E-state index in [4.69, 9.17) is 0 Å². The molecule has 32 heavy (non-hydrogen) atoms. The number of rotatable bonds is 4. The van der Waals surface area contributed by atoms with E-state index in [1.807, 2.05) is 18.0 Å². The number of hydrogen-bond donors (Lipinski definition) is 1. The summed E-state index contributed by atoms with van der Waals surface area (Å²) in [6, 6.07) is 36.9. The third-order valence-electron chi connectivity index (χ3n) is 6.05. The fraction of sp³-hybridized carbons (Fsp3) is 0.0345. The molecule has 2 aromatic heterocycles. The van der Waals surface area contributed by atoms with E-state index in [9.17, 15) is 0 Å². The molecule has 0 aliphatic rings. The van der Waals surface area contributed by atoms with E-state index in [0.717, 1.165) is 0 Å². The summed E-state index contributed by atoms with van der Waals surface area (Å²) in [4.78, 5) is 5.83. The minimum atomic E-state index is 1.17. The van der Waals surface area contributed by atoms with Crippen LogP contribution in [0.25, 0.3) is 44.2 Å². The molecule has 3 heteroatoms. The molecule has 0 atom stereocenters. The predicted octanol–water partition coefficient (Wildman–Crippen LogP) is 8.14. The highest BCUT2D eigenvalue weighted by atomic mass is 32.2. The fourth-order valence-electron chi connectivity index (χ4n) is 4.45. The van der Waals surface area contributed by atoms with Gasteiger partial charge in [-0.3, -0.25) is 0 Å². The van der Waals surface area contributed by atoms with Crippen molar-refractivity contribution < 1.29 is 0 Å². The zero-order valence-electron chi connectivity index (χ0n) is 17.7. The Balaban J connectivity index is 1.58. The maximum atomic E-state index is 3.29. The minimum Gasteiger partial charge on any atom is -0.361 e. The van der Waals surface area contributed by atoms with Crippen LogP contribution in [0.1, 0.15) is 0 Å². The Labute approximate surface area is 191 Å². The molecule has 1 N–H and O–H groups in total. The van der Waals surface area contributed by atoms with E-state index in [1.165, 1.54) is 54.0 Å². The lowest BCUT2D eigenvalue weighted by atomic mass is 10.0. The number of H-pyrrole nitrogens is 1. The number of aromatic amines is 1. The molecule has 6 aromatic rings. The first-order valence-electron chi connectivity index (χ1n) is 10.8. The van der Waals surface area contributed by atoms with Crippen LogP contribution in [0.2, 0.25) is 0 Å². The first-order valence-corrected chi connectivity index (χ1v) is 11.6. The molecule has 0 radical (unpaired) electrons. The minimum absolute atomic E-state index is 1.17. The lowest BCUT2D eigenvalue weighted by molar-refractivity contribution is 0.968. The number of aryl methyl sites for hydroxylation is 1. The van der Waals surface area contributed by atoms with E-state index in [2.05, 4.69) is 120 Å². The van der Waals surface area contributed by atoms with Gasteiger partial charge in [0, 0.05) is 39.5 Å². The summed E-state index contributed by atoms with van der Waals surface area (Å²) in [5.74, 6) is 0. The molecule has 0 saturated carbocycles. The quantitative estimate of drug-likeness (QED) is 0.299. The molecular weight excluding hydrogens is 408 g/mol. The van der Waals surface area contributed by atoms with Crippen molar-refractivity contribution in [2.75, 3.05) is 0 Å². The Kier molecular flexibility index (Phi) is 4.62. The van der Waals surface area contributed by atoms with Gasteiger partial charge in [-0.25, -0.2) is 0 Å². The highest BCUT2D eigenvalue weighted by Crippen LogP contribution is 2.44. The van der Waals surface area contributed by atoms with Gasteiger partial charge in [-0.1, -0.05) is 72.4 Å². The molecule has 0 amide bonds. The first-order chi connectivity index (χ1) is 15.8. The van der Waals surface area contributed by atoms with Crippen molar-refractivity contribution in [3.05, 3.63) is 109 Å². The normalized spacial score (nSPS) is 11.4. The predicted molar refractivity (Wildman–Crippen MR) is 136 cm³/mol. The summed E-state index contributed by atoms with van der Waals surface area (Å²) in [6.45, 7) is 0. The SMILES string of the molecule is Cn1c(-c2ccccc2)c(Sc2ccccc2)c2cc(-c3ccc4[nH]ccc4c3)ccc21. The van der Waals surface area contributed by atoms with Crippen LogP contribution in [0.3, 0.4) is 0 Å². The summed E-state index contributed by atoms with van der Waals surface area (Å²) in [6.07, 6.45) is 2.00. The molecule has 0 aliphatic carbocycles. The summed E-state index contributed by atoms with van der Waals surface area (Å²) in [5.41, 5.74) is 7.38. The van der Waals surface area contributed by atoms with Gasteiger partial charge in [0.2, 0.25) is 0 Å². The van der Waals surface area contributed by atoms with Gasteiger partial charge < -0.3 is 9.55 Å². The van der Waals surface area contributed by atoms with Crippen molar-refractivity contribution in [1.29, 1.82) is 0 Å². The van der Waals surface area contributed by atoms with Gasteiger partial charge in [0.05, 0.1) is 5.69 Å². The van der Waals surface area contributed by atoms with Crippen LogP contribution in [0, 0.1) is 0 Å². The number of hydrogen-bond acceptors (Lipinski definition) is 1. The average molecular weight is 431 g/mol. The smallest absolute Gasteiger partial charge is 0.0630 e. The Morgan fingerprint density at radius 3 is 2.22 bits per heavy atom. The largest absolute Gasteiger partial charge is 0.361 e. The van der Waals surface area contributed by atoms with Crippen LogP contribution in [0.4, 0.5) is 0 Å². The molecule has 0 unspecified atom stereocenters. The molecule has 0 aliphatic heterocycles. The maximum Gasteiger partial charge on any atom is 0.0630 e. The number of nitrogens with one attached hydrogen (secondary N) is 1. The van der Waals surface area contributed by atoms with Crippen LogP contribution in [0.15, 0.2) is 119 Å². The summed E-state index contributed by atoms with van der Waals surface area (Å²) < 4.78 is 2.33. The zero-order valence-corrected chi connectivity index (χ0v) is 18.6. The molecule has 6 rings (SSSR count). The van der Waals surface area contributed by atoms with Crippen molar-refractivity contribution in [3.63, 3.8) is 0 Å². The Morgan fingerprint density at radius 1 is 0.688 bits per heavy atom. The average Bonchev–Trinajstić information content (AvgIpc) is 3.42. The Hall–Kier alpha value is -3.69. The van der Waals surface area contributed by atoms with Crippen LogP contribution >= 0.6 is 11.8 Å². The Bertz CT molecular complexity index is 1540. The second-order valence-electron chi connectivity index (χ2n) is 8.03. The summed E-state index contributed by atoms with van der Waals surface area (Å²) in [5, 5.41) is 2.52. The number of fused-ring (bicyclic) bond motifs is 2. The standard InChI is InChI=1S/C29H22N2S/c1-31-27-15-13-22(21-12-14-26-23(18-21)16-17-30-26)19-25(27)29(32-24-10-6-3-7-11-24)28(31)20-8-4-2-5-9-20/h2-19,30H,1H3. The van der Waals surface area contributed by atoms with Crippen LogP contribution in [-0.4, -0.2) is 9.55 Å². The van der Waals surface area contributed by atoms with E-state index in [-0.39, 0.29) is 0 Å². The van der Waals surface area contributed by atoms with Gasteiger partial charge in [-0.05, 0) is 64.5 Å². The van der Waals surface area contributed by atoms with E-state index >= 15 is 0 Å². The lowest BCUT2D eigenvalue weighted by Crippen LogP contribution is -1.92. The zero-order chi connectivity index (χ0) is 21.5. The van der Waals surface area contributed by atoms with Gasteiger partial charge in [-0.2, -0.15) is 0 Å². The van der Waals surface area contributed by atoms with Crippen LogP contribution in [0.5, 0.6) is 0 Å². The highest BCUT2D eigenvalue weighted by molar-refractivity contribution is 7.99. The topological polar surface area (TPSA) is 20.7 Å². The lowest BCUT2D eigenvalue weighted by Gasteiger charge is -2.08. The van der Waals surface area contributed by atoms with Gasteiger partial charge in [0.25, 0.3) is 0 Å². The van der Waals surface area contributed by atoms with Gasteiger partial charge >= 0.3 is 0 Å². The molecule has 0 saturated heterocycles. The van der Waals surface area contributed by atoms with Gasteiger partial charge in [-0.15, -0.1) is 0 Å². The number of benzene rings is 4. The van der Waals surface area contributed by atoms with Crippen LogP contribution in [-0.2, 0) is 7.05 Å². The number of nitrogens with zero attached hydrogens (tertiary/aromatic N) is 1.